The van der Waals surface area contributed by atoms with E-state index in [9.17, 15) is 14.7 Å². The van der Waals surface area contributed by atoms with Gasteiger partial charge in [-0.3, -0.25) is 0 Å². The van der Waals surface area contributed by atoms with Crippen molar-refractivity contribution in [3.05, 3.63) is 18.1 Å². The SMILES string of the molecule is Cc1cc(N2CCC(NC(=O)OC(C)(C)C)(C(=O)O)C2)ncn1. The number of alkyl carbamates (subject to hydrolysis) is 1. The molecule has 2 heterocycles. The molecule has 23 heavy (non-hydrogen) atoms. The maximum Gasteiger partial charge on any atom is 0.408 e. The van der Waals surface area contributed by atoms with Crippen LogP contribution in [0.15, 0.2) is 12.4 Å². The van der Waals surface area contributed by atoms with E-state index < -0.39 is 23.2 Å². The number of anilines is 1. The molecule has 1 aliphatic heterocycles. The van der Waals surface area contributed by atoms with E-state index in [1.807, 2.05) is 11.8 Å². The molecule has 1 fully saturated rings. The van der Waals surface area contributed by atoms with Gasteiger partial charge in [0.25, 0.3) is 0 Å². The number of nitrogens with zero attached hydrogens (tertiary/aromatic N) is 3. The summed E-state index contributed by atoms with van der Waals surface area (Å²) in [4.78, 5) is 33.7. The predicted octanol–water partition coefficient (Wildman–Crippen LogP) is 1.34. The van der Waals surface area contributed by atoms with Crippen LogP contribution in [0.25, 0.3) is 0 Å². The molecule has 1 aliphatic rings. The minimum atomic E-state index is -1.39. The number of nitrogens with one attached hydrogen (secondary N) is 1. The van der Waals surface area contributed by atoms with Crippen LogP contribution in [0, 0.1) is 6.92 Å². The number of hydrogen-bond acceptors (Lipinski definition) is 6. The van der Waals surface area contributed by atoms with Crippen molar-refractivity contribution in [2.45, 2.75) is 45.3 Å². The van der Waals surface area contributed by atoms with E-state index >= 15 is 0 Å². The zero-order valence-corrected chi connectivity index (χ0v) is 13.8. The molecule has 0 aliphatic carbocycles. The first-order valence-electron chi connectivity index (χ1n) is 7.39. The number of carboxylic acids is 1. The van der Waals surface area contributed by atoms with Gasteiger partial charge in [-0.05, 0) is 27.7 Å². The van der Waals surface area contributed by atoms with Gasteiger partial charge in [-0.1, -0.05) is 0 Å². The monoisotopic (exact) mass is 322 g/mol. The number of ether oxygens (including phenoxy) is 1. The topological polar surface area (TPSA) is 105 Å². The minimum Gasteiger partial charge on any atom is -0.479 e. The van der Waals surface area contributed by atoms with Gasteiger partial charge in [-0.25, -0.2) is 19.6 Å². The van der Waals surface area contributed by atoms with E-state index in [0.29, 0.717) is 12.4 Å². The summed E-state index contributed by atoms with van der Waals surface area (Å²) in [5.41, 5.74) is -1.28. The van der Waals surface area contributed by atoms with Gasteiger partial charge in [0.2, 0.25) is 0 Å². The fraction of sp³-hybridized carbons (Fsp3) is 0.600. The highest BCUT2D eigenvalue weighted by Gasteiger charge is 2.47. The highest BCUT2D eigenvalue weighted by Crippen LogP contribution is 2.26. The zero-order chi connectivity index (χ0) is 17.3. The van der Waals surface area contributed by atoms with Crippen molar-refractivity contribution in [3.63, 3.8) is 0 Å². The number of hydrogen-bond donors (Lipinski definition) is 2. The van der Waals surface area contributed by atoms with Crippen LogP contribution in [0.5, 0.6) is 0 Å². The fourth-order valence-electron chi connectivity index (χ4n) is 2.45. The maximum atomic E-state index is 12.0. The van der Waals surface area contributed by atoms with Gasteiger partial charge in [-0.2, -0.15) is 0 Å². The molecule has 8 heteroatoms. The van der Waals surface area contributed by atoms with Crippen LogP contribution >= 0.6 is 0 Å². The molecule has 1 unspecified atom stereocenters. The standard InChI is InChI=1S/C15H22N4O4/c1-10-7-11(17-9-16-10)19-6-5-15(8-19,12(20)21)18-13(22)23-14(2,3)4/h7,9H,5-6,8H2,1-4H3,(H,18,22)(H,20,21). The average Bonchev–Trinajstić information content (AvgIpc) is 2.82. The van der Waals surface area contributed by atoms with Gasteiger partial charge in [0.1, 0.15) is 17.7 Å². The Hall–Kier alpha value is -2.38. The Labute approximate surface area is 134 Å². The third-order valence-electron chi connectivity index (χ3n) is 3.53. The minimum absolute atomic E-state index is 0.123. The summed E-state index contributed by atoms with van der Waals surface area (Å²) >= 11 is 0. The lowest BCUT2D eigenvalue weighted by Gasteiger charge is -2.28. The zero-order valence-electron chi connectivity index (χ0n) is 13.8. The Bertz CT molecular complexity index is 614. The van der Waals surface area contributed by atoms with Gasteiger partial charge >= 0.3 is 12.1 Å². The molecule has 1 atom stereocenters. The number of aryl methyl sites for hydroxylation is 1. The van der Waals surface area contributed by atoms with Crippen LogP contribution in [-0.4, -0.2) is 51.4 Å². The number of carboxylic acid groups (broad SMARTS) is 1. The number of carbonyl (C=O) groups is 2. The number of amides is 1. The Morgan fingerprint density at radius 3 is 2.65 bits per heavy atom. The molecule has 1 amide bonds. The summed E-state index contributed by atoms with van der Waals surface area (Å²) in [5, 5.41) is 12.1. The molecule has 2 N–H and O–H groups in total. The maximum absolute atomic E-state index is 12.0. The Balaban J connectivity index is 2.14. The molecular weight excluding hydrogens is 300 g/mol. The van der Waals surface area contributed by atoms with Gasteiger partial charge in [0.05, 0.1) is 6.54 Å². The molecule has 0 aromatic carbocycles. The van der Waals surface area contributed by atoms with Crippen LogP contribution in [-0.2, 0) is 9.53 Å². The van der Waals surface area contributed by atoms with Crippen LogP contribution in [0.2, 0.25) is 0 Å². The van der Waals surface area contributed by atoms with Crippen molar-refractivity contribution in [2.24, 2.45) is 0 Å². The molecule has 8 nitrogen and oxygen atoms in total. The van der Waals surface area contributed by atoms with Gasteiger partial charge in [-0.15, -0.1) is 0 Å². The molecular formula is C15H22N4O4. The summed E-state index contributed by atoms with van der Waals surface area (Å²) in [6, 6.07) is 1.78. The first-order chi connectivity index (χ1) is 10.6. The van der Waals surface area contributed by atoms with Crippen LogP contribution < -0.4 is 10.2 Å². The number of aromatic nitrogens is 2. The Kier molecular flexibility index (Phi) is 4.44. The smallest absolute Gasteiger partial charge is 0.408 e. The van der Waals surface area contributed by atoms with Crippen molar-refractivity contribution in [3.8, 4) is 0 Å². The third kappa shape index (κ3) is 4.08. The molecule has 1 saturated heterocycles. The van der Waals surface area contributed by atoms with Crippen LogP contribution in [0.4, 0.5) is 10.6 Å². The number of aliphatic carboxylic acids is 1. The van der Waals surface area contributed by atoms with Crippen LogP contribution in [0.1, 0.15) is 32.9 Å². The van der Waals surface area contributed by atoms with Crippen molar-refractivity contribution < 1.29 is 19.4 Å². The lowest BCUT2D eigenvalue weighted by Crippen LogP contribution is -2.57. The van der Waals surface area contributed by atoms with E-state index in [4.69, 9.17) is 4.74 Å². The summed E-state index contributed by atoms with van der Waals surface area (Å²) in [6.45, 7) is 7.61. The molecule has 0 spiro atoms. The summed E-state index contributed by atoms with van der Waals surface area (Å²) in [5.74, 6) is -0.441. The highest BCUT2D eigenvalue weighted by atomic mass is 16.6. The van der Waals surface area contributed by atoms with Crippen molar-refractivity contribution in [1.82, 2.24) is 15.3 Å². The van der Waals surface area contributed by atoms with Gasteiger partial charge < -0.3 is 20.1 Å². The van der Waals surface area contributed by atoms with E-state index in [2.05, 4.69) is 15.3 Å². The van der Waals surface area contributed by atoms with E-state index in [1.165, 1.54) is 6.33 Å². The largest absolute Gasteiger partial charge is 0.479 e. The second kappa shape index (κ2) is 6.02. The Morgan fingerprint density at radius 1 is 1.39 bits per heavy atom. The second-order valence-corrected chi connectivity index (χ2v) is 6.70. The predicted molar refractivity (Wildman–Crippen MR) is 83.3 cm³/mol. The molecule has 1 aromatic heterocycles. The van der Waals surface area contributed by atoms with Crippen molar-refractivity contribution in [2.75, 3.05) is 18.0 Å². The number of carbonyl (C=O) groups excluding carboxylic acids is 1. The Morgan fingerprint density at radius 2 is 2.09 bits per heavy atom. The van der Waals surface area contributed by atoms with Gasteiger partial charge in [0.15, 0.2) is 5.54 Å². The lowest BCUT2D eigenvalue weighted by molar-refractivity contribution is -0.143. The second-order valence-electron chi connectivity index (χ2n) is 6.70. The lowest BCUT2D eigenvalue weighted by atomic mass is 9.99. The molecule has 0 bridgehead atoms. The van der Waals surface area contributed by atoms with E-state index in [0.717, 1.165) is 5.69 Å². The summed E-state index contributed by atoms with van der Waals surface area (Å²) in [6.07, 6.45) is 0.970. The first kappa shape index (κ1) is 17.0. The normalized spacial score (nSPS) is 21.1. The van der Waals surface area contributed by atoms with E-state index in [-0.39, 0.29) is 13.0 Å². The number of rotatable bonds is 3. The fourth-order valence-corrected chi connectivity index (χ4v) is 2.45. The summed E-state index contributed by atoms with van der Waals surface area (Å²) in [7, 11) is 0. The van der Waals surface area contributed by atoms with E-state index in [1.54, 1.807) is 26.8 Å². The van der Waals surface area contributed by atoms with Crippen molar-refractivity contribution in [1.29, 1.82) is 0 Å². The highest BCUT2D eigenvalue weighted by molar-refractivity contribution is 5.86. The van der Waals surface area contributed by atoms with Crippen LogP contribution in [0.3, 0.4) is 0 Å². The third-order valence-corrected chi connectivity index (χ3v) is 3.53. The van der Waals surface area contributed by atoms with Gasteiger partial charge in [0, 0.05) is 24.7 Å². The molecule has 0 radical (unpaired) electrons. The first-order valence-corrected chi connectivity index (χ1v) is 7.39. The molecule has 126 valence electrons. The van der Waals surface area contributed by atoms with Crippen molar-refractivity contribution >= 4 is 17.9 Å². The quantitative estimate of drug-likeness (QED) is 0.865. The molecule has 2 rings (SSSR count). The molecule has 0 saturated carbocycles. The average molecular weight is 322 g/mol. The molecule has 1 aromatic rings. The summed E-state index contributed by atoms with van der Waals surface area (Å²) < 4.78 is 5.18.